The van der Waals surface area contributed by atoms with Gasteiger partial charge in [0.25, 0.3) is 5.56 Å². The minimum atomic E-state index is 0.00615. The van der Waals surface area contributed by atoms with Gasteiger partial charge in [0.05, 0.1) is 34.3 Å². The maximum absolute atomic E-state index is 13.2. The van der Waals surface area contributed by atoms with Gasteiger partial charge in [0.15, 0.2) is 5.16 Å². The van der Waals surface area contributed by atoms with Crippen LogP contribution < -0.4 is 5.56 Å². The van der Waals surface area contributed by atoms with E-state index in [4.69, 9.17) is 14.7 Å². The standard InChI is InChI=1S/C24H23N3O2S2/c28-23-20-10-4-5-11-21(20)26-24(27(23)14-19-9-6-12-29-19)31-16-18-15-30-22(25-18)13-17-7-2-1-3-8-17/h1-5,7-8,10-11,15,19H,6,9,12-14,16H2. The number of nitrogens with zero attached hydrogens (tertiary/aromatic N) is 3. The fourth-order valence-corrected chi connectivity index (χ4v) is 5.65. The van der Waals surface area contributed by atoms with E-state index in [1.54, 1.807) is 27.7 Å². The molecule has 7 heteroatoms. The lowest BCUT2D eigenvalue weighted by molar-refractivity contribution is 0.0937. The van der Waals surface area contributed by atoms with Crippen LogP contribution in [-0.4, -0.2) is 27.2 Å². The molecule has 0 aliphatic carbocycles. The molecule has 1 aliphatic rings. The largest absolute Gasteiger partial charge is 0.376 e. The molecule has 0 amide bonds. The van der Waals surface area contributed by atoms with Gasteiger partial charge in [-0.25, -0.2) is 9.97 Å². The number of ether oxygens (including phenoxy) is 1. The summed E-state index contributed by atoms with van der Waals surface area (Å²) in [6.07, 6.45) is 2.95. The first-order chi connectivity index (χ1) is 15.3. The van der Waals surface area contributed by atoms with E-state index in [1.807, 2.05) is 30.3 Å². The first-order valence-corrected chi connectivity index (χ1v) is 12.3. The van der Waals surface area contributed by atoms with Gasteiger partial charge in [-0.2, -0.15) is 0 Å². The van der Waals surface area contributed by atoms with Gasteiger partial charge in [-0.15, -0.1) is 11.3 Å². The maximum atomic E-state index is 13.2. The lowest BCUT2D eigenvalue weighted by Crippen LogP contribution is -2.28. The molecule has 1 saturated heterocycles. The van der Waals surface area contributed by atoms with Gasteiger partial charge < -0.3 is 4.74 Å². The zero-order chi connectivity index (χ0) is 21.0. The minimum Gasteiger partial charge on any atom is -0.376 e. The van der Waals surface area contributed by atoms with Crippen LogP contribution in [0.3, 0.4) is 0 Å². The first-order valence-electron chi connectivity index (χ1n) is 10.5. The summed E-state index contributed by atoms with van der Waals surface area (Å²) < 4.78 is 7.59. The van der Waals surface area contributed by atoms with E-state index in [0.717, 1.165) is 47.2 Å². The Labute approximate surface area is 189 Å². The Hall–Kier alpha value is -2.48. The van der Waals surface area contributed by atoms with Gasteiger partial charge >= 0.3 is 0 Å². The highest BCUT2D eigenvalue weighted by molar-refractivity contribution is 7.98. The van der Waals surface area contributed by atoms with E-state index < -0.39 is 0 Å². The van der Waals surface area contributed by atoms with Gasteiger partial charge in [0, 0.05) is 24.2 Å². The number of hydrogen-bond donors (Lipinski definition) is 0. The molecule has 158 valence electrons. The predicted octanol–water partition coefficient (Wildman–Crippen LogP) is 4.92. The Morgan fingerprint density at radius 1 is 1.10 bits per heavy atom. The van der Waals surface area contributed by atoms with Gasteiger partial charge in [-0.1, -0.05) is 54.2 Å². The van der Waals surface area contributed by atoms with Crippen molar-refractivity contribution in [3.8, 4) is 0 Å². The van der Waals surface area contributed by atoms with Crippen LogP contribution in [0.15, 0.2) is 69.9 Å². The summed E-state index contributed by atoms with van der Waals surface area (Å²) in [6.45, 7) is 1.32. The third-order valence-corrected chi connectivity index (χ3v) is 7.29. The van der Waals surface area contributed by atoms with Crippen molar-refractivity contribution in [1.82, 2.24) is 14.5 Å². The number of benzene rings is 2. The number of para-hydroxylation sites is 1. The highest BCUT2D eigenvalue weighted by Gasteiger charge is 2.20. The number of fused-ring (bicyclic) bond motifs is 1. The van der Waals surface area contributed by atoms with Crippen molar-refractivity contribution >= 4 is 34.0 Å². The molecule has 1 aliphatic heterocycles. The number of thioether (sulfide) groups is 1. The monoisotopic (exact) mass is 449 g/mol. The molecule has 31 heavy (non-hydrogen) atoms. The summed E-state index contributed by atoms with van der Waals surface area (Å²) in [5.41, 5.74) is 3.03. The van der Waals surface area contributed by atoms with E-state index in [2.05, 4.69) is 29.6 Å². The molecular formula is C24H23N3O2S2. The van der Waals surface area contributed by atoms with Crippen LogP contribution in [0.25, 0.3) is 10.9 Å². The second kappa shape index (κ2) is 9.34. The molecule has 1 fully saturated rings. The van der Waals surface area contributed by atoms with Gasteiger partial charge in [0.1, 0.15) is 0 Å². The Balaban J connectivity index is 1.37. The van der Waals surface area contributed by atoms with E-state index >= 15 is 0 Å². The van der Waals surface area contributed by atoms with Gasteiger partial charge in [-0.3, -0.25) is 9.36 Å². The Bertz CT molecular complexity index is 1230. The number of thiazole rings is 1. The van der Waals surface area contributed by atoms with Crippen LogP contribution in [0.2, 0.25) is 0 Å². The summed E-state index contributed by atoms with van der Waals surface area (Å²) in [4.78, 5) is 22.8. The van der Waals surface area contributed by atoms with Crippen molar-refractivity contribution in [2.45, 2.75) is 42.8 Å². The summed E-state index contributed by atoms with van der Waals surface area (Å²) in [7, 11) is 0. The highest BCUT2D eigenvalue weighted by Crippen LogP contribution is 2.25. The Kier molecular flexibility index (Phi) is 6.15. The average molecular weight is 450 g/mol. The van der Waals surface area contributed by atoms with Gasteiger partial charge in [-0.05, 0) is 30.5 Å². The Morgan fingerprint density at radius 2 is 1.94 bits per heavy atom. The third kappa shape index (κ3) is 4.74. The fraction of sp³-hybridized carbons (Fsp3) is 0.292. The number of rotatable bonds is 7. The molecule has 0 N–H and O–H groups in total. The molecule has 1 atom stereocenters. The molecule has 5 rings (SSSR count). The zero-order valence-corrected chi connectivity index (χ0v) is 18.7. The molecule has 1 unspecified atom stereocenters. The highest BCUT2D eigenvalue weighted by atomic mass is 32.2. The van der Waals surface area contributed by atoms with E-state index in [0.29, 0.717) is 17.7 Å². The minimum absolute atomic E-state index is 0.00615. The molecule has 3 heterocycles. The van der Waals surface area contributed by atoms with E-state index in [1.165, 1.54) is 5.56 Å². The third-order valence-electron chi connectivity index (χ3n) is 5.38. The van der Waals surface area contributed by atoms with Gasteiger partial charge in [0.2, 0.25) is 0 Å². The van der Waals surface area contributed by atoms with Crippen molar-refractivity contribution < 1.29 is 4.74 Å². The van der Waals surface area contributed by atoms with Crippen LogP contribution >= 0.6 is 23.1 Å². The molecular weight excluding hydrogens is 426 g/mol. The van der Waals surface area contributed by atoms with Crippen molar-refractivity contribution in [3.63, 3.8) is 0 Å². The smallest absolute Gasteiger partial charge is 0.262 e. The van der Waals surface area contributed by atoms with Crippen LogP contribution in [0, 0.1) is 0 Å². The van der Waals surface area contributed by atoms with Crippen molar-refractivity contribution in [2.24, 2.45) is 0 Å². The molecule has 5 nitrogen and oxygen atoms in total. The summed E-state index contributed by atoms with van der Waals surface area (Å²) >= 11 is 3.25. The molecule has 2 aromatic heterocycles. The second-order valence-electron chi connectivity index (χ2n) is 7.65. The van der Waals surface area contributed by atoms with E-state index in [9.17, 15) is 4.79 Å². The molecule has 0 bridgehead atoms. The summed E-state index contributed by atoms with van der Waals surface area (Å²) in [5, 5.41) is 4.60. The van der Waals surface area contributed by atoms with E-state index in [-0.39, 0.29) is 11.7 Å². The maximum Gasteiger partial charge on any atom is 0.262 e. The molecule has 0 saturated carbocycles. The quantitative estimate of drug-likeness (QED) is 0.296. The summed E-state index contributed by atoms with van der Waals surface area (Å²) in [5.74, 6) is 0.682. The summed E-state index contributed by atoms with van der Waals surface area (Å²) in [6, 6.07) is 17.9. The van der Waals surface area contributed by atoms with Crippen molar-refractivity contribution in [3.05, 3.63) is 86.6 Å². The van der Waals surface area contributed by atoms with Crippen molar-refractivity contribution in [1.29, 1.82) is 0 Å². The molecule has 0 radical (unpaired) electrons. The normalized spacial score (nSPS) is 16.2. The second-order valence-corrected chi connectivity index (χ2v) is 9.53. The Morgan fingerprint density at radius 3 is 2.77 bits per heavy atom. The van der Waals surface area contributed by atoms with Crippen molar-refractivity contribution in [2.75, 3.05) is 6.61 Å². The average Bonchev–Trinajstić information content (AvgIpc) is 3.47. The topological polar surface area (TPSA) is 57.0 Å². The van der Waals surface area contributed by atoms with Crippen LogP contribution in [0.5, 0.6) is 0 Å². The SMILES string of the molecule is O=c1c2ccccc2nc(SCc2csc(Cc3ccccc3)n2)n1CC1CCCO1. The fourth-order valence-electron chi connectivity index (χ4n) is 3.82. The van der Waals surface area contributed by atoms with Crippen LogP contribution in [-0.2, 0) is 23.5 Å². The van der Waals surface area contributed by atoms with Crippen LogP contribution in [0.1, 0.15) is 29.1 Å². The molecule has 0 spiro atoms. The van der Waals surface area contributed by atoms with Crippen LogP contribution in [0.4, 0.5) is 0 Å². The molecule has 4 aromatic rings. The number of hydrogen-bond acceptors (Lipinski definition) is 6. The first kappa shape index (κ1) is 20.4. The lowest BCUT2D eigenvalue weighted by Gasteiger charge is -2.16. The zero-order valence-electron chi connectivity index (χ0n) is 17.1. The predicted molar refractivity (Wildman–Crippen MR) is 126 cm³/mol. The molecule has 2 aromatic carbocycles. The lowest BCUT2D eigenvalue weighted by atomic mass is 10.2. The number of aromatic nitrogens is 3.